The fourth-order valence-corrected chi connectivity index (χ4v) is 7.22. The summed E-state index contributed by atoms with van der Waals surface area (Å²) in [5, 5.41) is 9.21. The first-order valence-corrected chi connectivity index (χ1v) is 15.1. The molecule has 0 spiro atoms. The average Bonchev–Trinajstić information content (AvgIpc) is 3.15. The van der Waals surface area contributed by atoms with Crippen LogP contribution in [0.2, 0.25) is 0 Å². The summed E-state index contributed by atoms with van der Waals surface area (Å²) in [6.07, 6.45) is 0. The van der Waals surface area contributed by atoms with Gasteiger partial charge in [-0.25, -0.2) is 0 Å². The second kappa shape index (κ2) is 9.29. The van der Waals surface area contributed by atoms with E-state index in [4.69, 9.17) is 11.6 Å². The molecule has 0 saturated heterocycles. The van der Waals surface area contributed by atoms with Crippen LogP contribution in [-0.2, 0) is 0 Å². The summed E-state index contributed by atoms with van der Waals surface area (Å²) < 4.78 is 49.3. The highest BCUT2D eigenvalue weighted by molar-refractivity contribution is 6.25. The summed E-state index contributed by atoms with van der Waals surface area (Å²) in [5.41, 5.74) is 6.47. The number of ether oxygens (including phenoxy) is 1. The Morgan fingerprint density at radius 3 is 1.82 bits per heavy atom. The van der Waals surface area contributed by atoms with Crippen molar-refractivity contribution in [2.45, 2.75) is 0 Å². The zero-order valence-corrected chi connectivity index (χ0v) is 24.0. The Bertz CT molecular complexity index is 2860. The largest absolute Gasteiger partial charge is 0.456 e. The molecule has 208 valence electrons. The standard InChI is InChI=1S/C44H26O/c1-2-7-27(8-3-1)33-23-34(32-19-21-37-38-13-5-11-28-12-6-14-40(43(28)38)45-41(37)26-32)25-35(24-33)36-20-17-31-16-15-29-9-4-10-30-18-22-39(36)44(31)42(29)30/h1-26H/i1D,2D,3D,7D,8D. The summed E-state index contributed by atoms with van der Waals surface area (Å²) >= 11 is 0. The molecule has 1 heterocycles. The van der Waals surface area contributed by atoms with Crippen LogP contribution < -0.4 is 4.74 Å². The minimum Gasteiger partial charge on any atom is -0.456 e. The van der Waals surface area contributed by atoms with Crippen molar-refractivity contribution in [3.05, 3.63) is 158 Å². The van der Waals surface area contributed by atoms with Gasteiger partial charge in [0.05, 0.1) is 6.85 Å². The Hall–Kier alpha value is -5.92. The lowest BCUT2D eigenvalue weighted by Gasteiger charge is -2.22. The molecule has 0 bridgehead atoms. The van der Waals surface area contributed by atoms with E-state index >= 15 is 0 Å². The maximum Gasteiger partial charge on any atom is 0.135 e. The van der Waals surface area contributed by atoms with E-state index in [1.165, 1.54) is 21.5 Å². The SMILES string of the molecule is [2H]c1c([2H])c([2H])c(-c2cc(-c3ccc4c(c3)Oc3cccc5cccc-4c35)cc(-c3ccc4ccc5cccc6ccc3c4c56)c2)c([2H])c1[2H]. The van der Waals surface area contributed by atoms with E-state index in [1.54, 1.807) is 0 Å². The van der Waals surface area contributed by atoms with Crippen LogP contribution in [0.3, 0.4) is 0 Å². The molecule has 9 aromatic carbocycles. The third-order valence-electron chi connectivity index (χ3n) is 9.25. The van der Waals surface area contributed by atoms with Crippen molar-refractivity contribution in [2.24, 2.45) is 0 Å². The van der Waals surface area contributed by atoms with Gasteiger partial charge in [0, 0.05) is 10.9 Å². The van der Waals surface area contributed by atoms with Crippen LogP contribution in [0, 0.1) is 0 Å². The molecule has 10 rings (SSSR count). The van der Waals surface area contributed by atoms with Crippen molar-refractivity contribution in [3.8, 4) is 56.0 Å². The molecule has 0 aliphatic carbocycles. The highest BCUT2D eigenvalue weighted by Crippen LogP contribution is 2.48. The maximum atomic E-state index is 8.85. The van der Waals surface area contributed by atoms with Gasteiger partial charge in [0.2, 0.25) is 0 Å². The Balaban J connectivity index is 1.24. The van der Waals surface area contributed by atoms with Crippen LogP contribution in [-0.4, -0.2) is 0 Å². The second-order valence-electron chi connectivity index (χ2n) is 11.7. The minimum atomic E-state index is -0.408. The van der Waals surface area contributed by atoms with E-state index in [2.05, 4.69) is 97.1 Å². The lowest BCUT2D eigenvalue weighted by molar-refractivity contribution is 0.487. The zero-order valence-electron chi connectivity index (χ0n) is 29.0. The van der Waals surface area contributed by atoms with Gasteiger partial charge in [-0.15, -0.1) is 0 Å². The fourth-order valence-electron chi connectivity index (χ4n) is 7.22. The summed E-state index contributed by atoms with van der Waals surface area (Å²) in [7, 11) is 0. The average molecular weight is 576 g/mol. The lowest BCUT2D eigenvalue weighted by atomic mass is 9.87. The predicted molar refractivity (Wildman–Crippen MR) is 189 cm³/mol. The van der Waals surface area contributed by atoms with E-state index in [0.29, 0.717) is 5.56 Å². The third kappa shape index (κ3) is 3.68. The minimum absolute atomic E-state index is 0.173. The van der Waals surface area contributed by atoms with Gasteiger partial charge in [-0.1, -0.05) is 121 Å². The van der Waals surface area contributed by atoms with E-state index in [1.807, 2.05) is 30.3 Å². The van der Waals surface area contributed by atoms with Crippen LogP contribution >= 0.6 is 0 Å². The monoisotopic (exact) mass is 575 g/mol. The van der Waals surface area contributed by atoms with Gasteiger partial charge in [-0.05, 0) is 113 Å². The number of fused-ring (bicyclic) bond motifs is 2. The third-order valence-corrected chi connectivity index (χ3v) is 9.25. The van der Waals surface area contributed by atoms with Gasteiger partial charge in [0.15, 0.2) is 0 Å². The van der Waals surface area contributed by atoms with Crippen molar-refractivity contribution in [1.82, 2.24) is 0 Å². The molecule has 0 fully saturated rings. The molecule has 1 aliphatic heterocycles. The Morgan fingerprint density at radius 2 is 1.00 bits per heavy atom. The molecular weight excluding hydrogens is 544 g/mol. The molecule has 9 aromatic rings. The molecule has 0 unspecified atom stereocenters. The highest BCUT2D eigenvalue weighted by atomic mass is 16.5. The fraction of sp³-hybridized carbons (Fsp3) is 0. The van der Waals surface area contributed by atoms with E-state index in [0.717, 1.165) is 66.4 Å². The van der Waals surface area contributed by atoms with Crippen LogP contribution in [0.1, 0.15) is 6.85 Å². The van der Waals surface area contributed by atoms with Gasteiger partial charge in [0.25, 0.3) is 0 Å². The van der Waals surface area contributed by atoms with Crippen LogP contribution in [0.5, 0.6) is 11.5 Å². The Labute approximate surface area is 267 Å². The summed E-state index contributed by atoms with van der Waals surface area (Å²) in [5.74, 6) is 1.55. The molecule has 45 heavy (non-hydrogen) atoms. The molecule has 0 atom stereocenters. The van der Waals surface area contributed by atoms with E-state index < -0.39 is 6.04 Å². The molecule has 0 aromatic heterocycles. The summed E-state index contributed by atoms with van der Waals surface area (Å²) in [6, 6.07) is 42.3. The Kier molecular flexibility index (Phi) is 4.15. The Morgan fingerprint density at radius 1 is 0.378 bits per heavy atom. The van der Waals surface area contributed by atoms with E-state index in [9.17, 15) is 0 Å². The summed E-state index contributed by atoms with van der Waals surface area (Å²) in [4.78, 5) is 0. The first-order chi connectivity index (χ1) is 24.4. The van der Waals surface area contributed by atoms with Crippen LogP contribution in [0.25, 0.3) is 87.6 Å². The zero-order chi connectivity index (χ0) is 33.8. The maximum absolute atomic E-state index is 8.85. The molecule has 1 nitrogen and oxygen atoms in total. The molecule has 0 saturated carbocycles. The number of benzene rings is 9. The molecule has 1 aliphatic rings. The van der Waals surface area contributed by atoms with Crippen molar-refractivity contribution < 1.29 is 11.6 Å². The van der Waals surface area contributed by atoms with Gasteiger partial charge in [-0.2, -0.15) is 0 Å². The first kappa shape index (κ1) is 20.1. The number of hydrogen-bond acceptors (Lipinski definition) is 1. The van der Waals surface area contributed by atoms with Crippen molar-refractivity contribution in [3.63, 3.8) is 0 Å². The van der Waals surface area contributed by atoms with E-state index in [-0.39, 0.29) is 29.7 Å². The lowest BCUT2D eigenvalue weighted by Crippen LogP contribution is -1.97. The van der Waals surface area contributed by atoms with Gasteiger partial charge < -0.3 is 4.74 Å². The van der Waals surface area contributed by atoms with Crippen molar-refractivity contribution in [1.29, 1.82) is 0 Å². The van der Waals surface area contributed by atoms with Crippen LogP contribution in [0.4, 0.5) is 0 Å². The molecular formula is C44H26O. The highest BCUT2D eigenvalue weighted by Gasteiger charge is 2.21. The molecule has 1 heteroatoms. The number of rotatable bonds is 3. The second-order valence-corrected chi connectivity index (χ2v) is 11.7. The van der Waals surface area contributed by atoms with Gasteiger partial charge in [-0.3, -0.25) is 0 Å². The normalized spacial score (nSPS) is 13.7. The molecule has 0 radical (unpaired) electrons. The topological polar surface area (TPSA) is 9.23 Å². The molecule has 0 amide bonds. The van der Waals surface area contributed by atoms with Gasteiger partial charge in [0.1, 0.15) is 11.5 Å². The first-order valence-electron chi connectivity index (χ1n) is 17.6. The summed E-state index contributed by atoms with van der Waals surface area (Å²) in [6.45, 7) is 0. The quantitative estimate of drug-likeness (QED) is 0.190. The van der Waals surface area contributed by atoms with Gasteiger partial charge >= 0.3 is 0 Å². The van der Waals surface area contributed by atoms with Crippen LogP contribution in [0.15, 0.2) is 158 Å². The van der Waals surface area contributed by atoms with Crippen molar-refractivity contribution in [2.75, 3.05) is 0 Å². The smallest absolute Gasteiger partial charge is 0.135 e. The predicted octanol–water partition coefficient (Wildman–Crippen LogP) is 12.5. The van der Waals surface area contributed by atoms with Crippen molar-refractivity contribution >= 4 is 43.1 Å². The number of hydrogen-bond donors (Lipinski definition) is 0. The molecule has 0 N–H and O–H groups in total.